The highest BCUT2D eigenvalue weighted by Crippen LogP contribution is 2.46. The highest BCUT2D eigenvalue weighted by atomic mass is 79.9. The third-order valence-electron chi connectivity index (χ3n) is 3.25. The molecule has 1 fully saturated rings. The van der Waals surface area contributed by atoms with E-state index < -0.39 is 7.31 Å². The number of halogens is 2. The minimum Gasteiger partial charge on any atom is -0.323 e. The van der Waals surface area contributed by atoms with Crippen LogP contribution in [0.25, 0.3) is 0 Å². The van der Waals surface area contributed by atoms with Crippen LogP contribution in [0.4, 0.5) is 0 Å². The smallest absolute Gasteiger partial charge is 0.247 e. The molecule has 0 bridgehead atoms. The second kappa shape index (κ2) is 7.40. The molecule has 0 aromatic heterocycles. The van der Waals surface area contributed by atoms with Crippen molar-refractivity contribution >= 4 is 63.0 Å². The molecule has 1 amide bonds. The van der Waals surface area contributed by atoms with Crippen molar-refractivity contribution in [2.75, 3.05) is 6.54 Å². The van der Waals surface area contributed by atoms with Crippen LogP contribution in [0.1, 0.15) is 12.8 Å². The van der Waals surface area contributed by atoms with E-state index in [-0.39, 0.29) is 11.9 Å². The lowest BCUT2D eigenvalue weighted by molar-refractivity contribution is -0.126. The van der Waals surface area contributed by atoms with E-state index in [0.717, 1.165) is 6.42 Å². The van der Waals surface area contributed by atoms with Crippen molar-refractivity contribution in [2.45, 2.75) is 26.2 Å². The van der Waals surface area contributed by atoms with Crippen LogP contribution in [0.5, 0.6) is 0 Å². The van der Waals surface area contributed by atoms with Crippen LogP contribution in [-0.4, -0.2) is 30.7 Å². The van der Waals surface area contributed by atoms with Crippen LogP contribution in [0.15, 0.2) is 37.0 Å². The second-order valence-electron chi connectivity index (χ2n) is 4.63. The van der Waals surface area contributed by atoms with Gasteiger partial charge in [-0.2, -0.15) is 30.5 Å². The molecule has 0 spiro atoms. The molecule has 7 heteroatoms. The van der Waals surface area contributed by atoms with Crippen LogP contribution in [-0.2, 0) is 4.79 Å². The van der Waals surface area contributed by atoms with Crippen LogP contribution in [0, 0.1) is 11.3 Å². The molecule has 0 radical (unpaired) electrons. The summed E-state index contributed by atoms with van der Waals surface area (Å²) in [7, 11) is 0. The first kappa shape index (κ1) is 18.9. The van der Waals surface area contributed by atoms with Gasteiger partial charge in [0.15, 0.2) is 0 Å². The predicted octanol–water partition coefficient (Wildman–Crippen LogP) is 3.84. The molecule has 0 aromatic carbocycles. The van der Waals surface area contributed by atoms with Gasteiger partial charge in [0.1, 0.15) is 13.4 Å². The van der Waals surface area contributed by atoms with Gasteiger partial charge in [-0.25, -0.2) is 0 Å². The summed E-state index contributed by atoms with van der Waals surface area (Å²) in [6, 6.07) is 1.77. The summed E-state index contributed by atoms with van der Waals surface area (Å²) in [5, 5.41) is 9.09. The molecule has 1 heterocycles. The molecule has 0 saturated carbocycles. The zero-order valence-electron chi connectivity index (χ0n) is 11.3. The van der Waals surface area contributed by atoms with Gasteiger partial charge in [0.2, 0.25) is 5.91 Å². The van der Waals surface area contributed by atoms with E-state index in [1.807, 2.05) is 0 Å². The molecule has 3 unspecified atom stereocenters. The maximum Gasteiger partial charge on any atom is 0.247 e. The Labute approximate surface area is 153 Å². The molecule has 1 rings (SSSR count). The monoisotopic (exact) mass is 450 g/mol. The van der Waals surface area contributed by atoms with E-state index in [1.54, 1.807) is 17.1 Å². The summed E-state index contributed by atoms with van der Waals surface area (Å²) in [5.74, 6) is -0.242. The van der Waals surface area contributed by atoms with Crippen molar-refractivity contribution < 1.29 is 4.79 Å². The van der Waals surface area contributed by atoms with Gasteiger partial charge in [0.05, 0.1) is 6.07 Å². The fourth-order valence-electron chi connectivity index (χ4n) is 2.04. The number of nitriles is 1. The third-order valence-corrected chi connectivity index (χ3v) is 5.60. The van der Waals surface area contributed by atoms with E-state index in [4.69, 9.17) is 5.26 Å². The number of carbonyl (C=O) groups is 1. The highest BCUT2D eigenvalue weighted by molar-refractivity contribution is 9.12. The number of amides is 1. The van der Waals surface area contributed by atoms with E-state index in [0.29, 0.717) is 18.5 Å². The summed E-state index contributed by atoms with van der Waals surface area (Å²) in [6.45, 7) is 7.99. The van der Waals surface area contributed by atoms with E-state index in [9.17, 15) is 4.79 Å². The molecule has 1 aliphatic rings. The third kappa shape index (κ3) is 4.41. The van der Waals surface area contributed by atoms with Crippen molar-refractivity contribution in [3.63, 3.8) is 0 Å². The van der Waals surface area contributed by atoms with E-state index in [1.165, 1.54) is 6.08 Å². The molecule has 3 atom stereocenters. The molecule has 114 valence electrons. The van der Waals surface area contributed by atoms with Gasteiger partial charge in [0, 0.05) is 12.6 Å². The highest BCUT2D eigenvalue weighted by Gasteiger charge is 2.37. The Kier molecular flexibility index (Phi) is 6.66. The predicted molar refractivity (Wildman–Crippen MR) is 100 cm³/mol. The average molecular weight is 452 g/mol. The number of likely N-dealkylation sites (tertiary alicyclic amines) is 1. The molecule has 3 nitrogen and oxygen atoms in total. The Balaban J connectivity index is 3.21. The number of carbonyl (C=O) groups excluding carboxylic acids is 1. The van der Waals surface area contributed by atoms with Crippen molar-refractivity contribution in [1.82, 2.24) is 4.90 Å². The minimum absolute atomic E-state index is 0.242. The lowest BCUT2D eigenvalue weighted by Crippen LogP contribution is -2.35. The van der Waals surface area contributed by atoms with Gasteiger partial charge < -0.3 is 4.90 Å². The summed E-state index contributed by atoms with van der Waals surface area (Å²) < 4.78 is -1.85. The van der Waals surface area contributed by atoms with Crippen molar-refractivity contribution in [2.24, 2.45) is 0 Å². The lowest BCUT2D eigenvalue weighted by Gasteiger charge is -2.31. The molecule has 21 heavy (non-hydrogen) atoms. The Morgan fingerprint density at radius 3 is 2.29 bits per heavy atom. The zero-order valence-corrected chi connectivity index (χ0v) is 16.3. The molecular weight excluding hydrogens is 436 g/mol. The van der Waals surface area contributed by atoms with Crippen LogP contribution in [0.3, 0.4) is 0 Å². The number of rotatable bonds is 5. The normalized spacial score (nSPS) is 23.4. The van der Waals surface area contributed by atoms with Crippen LogP contribution in [0.2, 0.25) is 0 Å². The van der Waals surface area contributed by atoms with Gasteiger partial charge in [-0.1, -0.05) is 44.0 Å². The number of hydrogen-bond donors (Lipinski definition) is 2. The summed E-state index contributed by atoms with van der Waals surface area (Å²) in [4.78, 5) is 14.0. The van der Waals surface area contributed by atoms with Crippen molar-refractivity contribution in [1.29, 1.82) is 5.26 Å². The SMILES string of the molecule is C=CC(S)(Br)C(=CC(=O)N1CCCC1C#N)C(S)(Br)C=C. The van der Waals surface area contributed by atoms with Crippen molar-refractivity contribution in [3.05, 3.63) is 37.0 Å². The standard InChI is InChI=1S/C14H16Br2N2OS2/c1-3-13(15,20)11(14(16,21)4-2)8-12(19)18-7-5-6-10(18)9-17/h3-4,8,10,20-21H,1-2,5-7H2. The number of thiol groups is 2. The summed E-state index contributed by atoms with van der Waals surface area (Å²) in [6.07, 6.45) is 6.07. The maximum absolute atomic E-state index is 12.5. The lowest BCUT2D eigenvalue weighted by atomic mass is 10.1. The fourth-order valence-corrected chi connectivity index (χ4v) is 4.04. The van der Waals surface area contributed by atoms with Crippen molar-refractivity contribution in [3.8, 4) is 6.07 Å². The molecular formula is C14H16Br2N2OS2. The Morgan fingerprint density at radius 2 is 1.86 bits per heavy atom. The van der Waals surface area contributed by atoms with Gasteiger partial charge in [-0.05, 0) is 18.4 Å². The first-order valence-corrected chi connectivity index (χ1v) is 8.70. The largest absolute Gasteiger partial charge is 0.323 e. The van der Waals surface area contributed by atoms with E-state index >= 15 is 0 Å². The Morgan fingerprint density at radius 1 is 1.33 bits per heavy atom. The average Bonchev–Trinajstić information content (AvgIpc) is 2.92. The molecule has 1 aliphatic heterocycles. The summed E-state index contributed by atoms with van der Waals surface area (Å²) in [5.41, 5.74) is 0.528. The first-order chi connectivity index (χ1) is 9.69. The Hall–Kier alpha value is -0.160. The van der Waals surface area contributed by atoms with Crippen LogP contribution >= 0.6 is 57.1 Å². The minimum atomic E-state index is -0.927. The quantitative estimate of drug-likeness (QED) is 0.288. The van der Waals surface area contributed by atoms with Gasteiger partial charge in [-0.15, -0.1) is 13.2 Å². The second-order valence-corrected chi connectivity index (χ2v) is 9.77. The topological polar surface area (TPSA) is 44.1 Å². The van der Waals surface area contributed by atoms with Gasteiger partial charge in [0.25, 0.3) is 0 Å². The first-order valence-electron chi connectivity index (χ1n) is 6.22. The number of nitrogens with zero attached hydrogens (tertiary/aromatic N) is 2. The molecule has 0 aliphatic carbocycles. The molecule has 0 aromatic rings. The Bertz CT molecular complexity index is 502. The molecule has 0 N–H and O–H groups in total. The number of alkyl halides is 2. The fraction of sp³-hybridized carbons (Fsp3) is 0.429. The summed E-state index contributed by atoms with van der Waals surface area (Å²) >= 11 is 15.7. The maximum atomic E-state index is 12.5. The number of hydrogen-bond acceptors (Lipinski definition) is 4. The van der Waals surface area contributed by atoms with E-state index in [2.05, 4.69) is 76.3 Å². The van der Waals surface area contributed by atoms with Gasteiger partial charge >= 0.3 is 0 Å². The molecule has 1 saturated heterocycles. The van der Waals surface area contributed by atoms with Gasteiger partial charge in [-0.3, -0.25) is 4.79 Å². The van der Waals surface area contributed by atoms with Crippen LogP contribution < -0.4 is 0 Å². The zero-order chi connectivity index (χ0) is 16.3.